The van der Waals surface area contributed by atoms with Crippen molar-refractivity contribution in [3.05, 3.63) is 77.9 Å². The molecule has 3 rings (SSSR count). The molecule has 0 heterocycles. The van der Waals surface area contributed by atoms with Crippen molar-refractivity contribution in [2.24, 2.45) is 0 Å². The van der Waals surface area contributed by atoms with Gasteiger partial charge in [-0.15, -0.1) is 0 Å². The van der Waals surface area contributed by atoms with Crippen LogP contribution < -0.4 is 4.52 Å². The van der Waals surface area contributed by atoms with E-state index in [0.29, 0.717) is 16.5 Å². The number of phosphoric ester groups is 1. The van der Waals surface area contributed by atoms with Crippen LogP contribution in [0.3, 0.4) is 0 Å². The van der Waals surface area contributed by atoms with Gasteiger partial charge in [0.1, 0.15) is 5.75 Å². The van der Waals surface area contributed by atoms with Gasteiger partial charge in [-0.3, -0.25) is 14.6 Å². The van der Waals surface area contributed by atoms with Gasteiger partial charge in [-0.05, 0) is 29.0 Å². The van der Waals surface area contributed by atoms with Gasteiger partial charge in [-0.1, -0.05) is 48.5 Å². The summed E-state index contributed by atoms with van der Waals surface area (Å²) in [5, 5.41) is 1.51. The number of phosphoric acid groups is 1. The van der Waals surface area contributed by atoms with E-state index in [-0.39, 0.29) is 70.6 Å². The van der Waals surface area contributed by atoms with Crippen LogP contribution in [0.2, 0.25) is 0 Å². The Hall–Kier alpha value is -0.460. The monoisotopic (exact) mass is 374 g/mol. The van der Waals surface area contributed by atoms with E-state index in [1.165, 1.54) is 12.1 Å². The Bertz CT molecular complexity index is 925. The van der Waals surface area contributed by atoms with Crippen molar-refractivity contribution >= 4 is 83.5 Å². The van der Waals surface area contributed by atoms with E-state index in [1.54, 1.807) is 48.5 Å². The number of fused-ring (bicyclic) bond motifs is 1. The molecular formula is C17H13Na2O5P. The second kappa shape index (κ2) is 9.47. The zero-order valence-electron chi connectivity index (χ0n) is 13.9. The van der Waals surface area contributed by atoms with Crippen LogP contribution in [0.25, 0.3) is 10.8 Å². The van der Waals surface area contributed by atoms with Crippen LogP contribution in [-0.2, 0) is 4.57 Å². The van der Waals surface area contributed by atoms with E-state index in [4.69, 9.17) is 9.79 Å². The molecule has 0 saturated heterocycles. The molecule has 0 saturated carbocycles. The normalized spacial score (nSPS) is 10.5. The minimum absolute atomic E-state index is 0. The van der Waals surface area contributed by atoms with Crippen LogP contribution in [0.4, 0.5) is 0 Å². The third kappa shape index (κ3) is 6.04. The first-order valence-corrected chi connectivity index (χ1v) is 8.34. The van der Waals surface area contributed by atoms with Crippen molar-refractivity contribution in [3.63, 3.8) is 0 Å². The predicted octanol–water partition coefficient (Wildman–Crippen LogP) is 2.78. The van der Waals surface area contributed by atoms with Crippen LogP contribution in [-0.4, -0.2) is 74.7 Å². The molecule has 0 fully saturated rings. The van der Waals surface area contributed by atoms with Gasteiger partial charge in [-0.25, -0.2) is 4.57 Å². The molecule has 2 radical (unpaired) electrons. The number of carbonyl (C=O) groups is 1. The van der Waals surface area contributed by atoms with Crippen molar-refractivity contribution in [2.75, 3.05) is 0 Å². The van der Waals surface area contributed by atoms with Crippen molar-refractivity contribution in [1.82, 2.24) is 0 Å². The predicted molar refractivity (Wildman–Crippen MR) is 98.0 cm³/mol. The van der Waals surface area contributed by atoms with E-state index in [9.17, 15) is 9.36 Å². The first kappa shape index (κ1) is 22.6. The summed E-state index contributed by atoms with van der Waals surface area (Å²) < 4.78 is 15.5. The fraction of sp³-hybridized carbons (Fsp3) is 0. The third-order valence-electron chi connectivity index (χ3n) is 3.33. The molecule has 5 nitrogen and oxygen atoms in total. The maximum absolute atomic E-state index is 12.4. The quantitative estimate of drug-likeness (QED) is 0.417. The third-order valence-corrected chi connectivity index (χ3v) is 3.78. The number of rotatable bonds is 4. The number of benzene rings is 3. The Kier molecular flexibility index (Phi) is 8.55. The smallest absolute Gasteiger partial charge is 0.404 e. The molecule has 0 spiro atoms. The largest absolute Gasteiger partial charge is 0.524 e. The van der Waals surface area contributed by atoms with Crippen LogP contribution in [0.5, 0.6) is 5.75 Å². The summed E-state index contributed by atoms with van der Waals surface area (Å²) in [6.45, 7) is 0. The molecule has 0 unspecified atom stereocenters. The SMILES string of the molecule is O=C(c1ccccc1)c1ccc2ccc(OP(=O)(O)O)cc2c1.[Na].[Na]. The van der Waals surface area contributed by atoms with Gasteiger partial charge >= 0.3 is 7.82 Å². The fourth-order valence-corrected chi connectivity index (χ4v) is 2.70. The molecule has 25 heavy (non-hydrogen) atoms. The molecule has 0 bridgehead atoms. The van der Waals surface area contributed by atoms with Gasteiger partial charge in [0.25, 0.3) is 0 Å². The zero-order valence-corrected chi connectivity index (χ0v) is 18.8. The Morgan fingerprint density at radius 3 is 2.08 bits per heavy atom. The molecule has 118 valence electrons. The zero-order chi connectivity index (χ0) is 16.4. The van der Waals surface area contributed by atoms with Crippen LogP contribution in [0, 0.1) is 0 Å². The first-order chi connectivity index (χ1) is 10.9. The molecule has 3 aromatic carbocycles. The number of ketones is 1. The summed E-state index contributed by atoms with van der Waals surface area (Å²) in [4.78, 5) is 30.2. The summed E-state index contributed by atoms with van der Waals surface area (Å²) in [7, 11) is -4.61. The molecule has 0 aliphatic heterocycles. The molecule has 3 aromatic rings. The molecule has 8 heteroatoms. The average molecular weight is 374 g/mol. The number of hydrogen-bond acceptors (Lipinski definition) is 3. The van der Waals surface area contributed by atoms with Gasteiger partial charge in [0, 0.05) is 70.2 Å². The second-order valence-corrected chi connectivity index (χ2v) is 6.16. The molecular weight excluding hydrogens is 361 g/mol. The van der Waals surface area contributed by atoms with Crippen LogP contribution >= 0.6 is 7.82 Å². The van der Waals surface area contributed by atoms with Gasteiger partial charge in [0.2, 0.25) is 0 Å². The summed E-state index contributed by atoms with van der Waals surface area (Å²) in [5.74, 6) is -0.0658. The van der Waals surface area contributed by atoms with Crippen molar-refractivity contribution in [1.29, 1.82) is 0 Å². The Morgan fingerprint density at radius 1 is 0.800 bits per heavy atom. The Balaban J connectivity index is 0.00000156. The molecule has 0 atom stereocenters. The second-order valence-electron chi connectivity index (χ2n) is 5.00. The van der Waals surface area contributed by atoms with Crippen molar-refractivity contribution < 1.29 is 23.7 Å². The molecule has 0 aromatic heterocycles. The van der Waals surface area contributed by atoms with Gasteiger partial charge in [0.15, 0.2) is 5.78 Å². The fourth-order valence-electron chi connectivity index (χ4n) is 2.32. The van der Waals surface area contributed by atoms with Crippen molar-refractivity contribution in [2.45, 2.75) is 0 Å². The van der Waals surface area contributed by atoms with E-state index < -0.39 is 7.82 Å². The summed E-state index contributed by atoms with van der Waals surface area (Å²) >= 11 is 0. The van der Waals surface area contributed by atoms with Crippen LogP contribution in [0.1, 0.15) is 15.9 Å². The molecule has 0 amide bonds. The van der Waals surface area contributed by atoms with E-state index in [1.807, 2.05) is 6.07 Å². The molecule has 0 aliphatic rings. The van der Waals surface area contributed by atoms with E-state index >= 15 is 0 Å². The first-order valence-electron chi connectivity index (χ1n) is 6.81. The topological polar surface area (TPSA) is 83.8 Å². The molecule has 2 N–H and O–H groups in total. The maximum atomic E-state index is 12.4. The van der Waals surface area contributed by atoms with Crippen molar-refractivity contribution in [3.8, 4) is 5.75 Å². The maximum Gasteiger partial charge on any atom is 0.524 e. The van der Waals surface area contributed by atoms with E-state index in [0.717, 1.165) is 5.39 Å². The van der Waals surface area contributed by atoms with Gasteiger partial charge in [0.05, 0.1) is 0 Å². The standard InChI is InChI=1S/C17H13O5P.2Na/c18-17(13-4-2-1-3-5-13)14-7-6-12-8-9-16(11-15(12)10-14)22-23(19,20)21;;/h1-11H,(H2,19,20,21);;. The van der Waals surface area contributed by atoms with E-state index in [2.05, 4.69) is 4.52 Å². The Morgan fingerprint density at radius 2 is 1.44 bits per heavy atom. The minimum atomic E-state index is -4.61. The summed E-state index contributed by atoms with van der Waals surface area (Å²) in [6, 6.07) is 18.7. The van der Waals surface area contributed by atoms with Gasteiger partial charge in [-0.2, -0.15) is 0 Å². The molecule has 0 aliphatic carbocycles. The Labute approximate surface area is 189 Å². The summed E-state index contributed by atoms with van der Waals surface area (Å²) in [5.41, 5.74) is 1.08. The number of carbonyl (C=O) groups excluding carboxylic acids is 1. The average Bonchev–Trinajstić information content (AvgIpc) is 2.53. The number of hydrogen-bond donors (Lipinski definition) is 2. The minimum Gasteiger partial charge on any atom is -0.404 e. The van der Waals surface area contributed by atoms with Gasteiger partial charge < -0.3 is 4.52 Å². The summed E-state index contributed by atoms with van der Waals surface area (Å²) in [6.07, 6.45) is 0. The van der Waals surface area contributed by atoms with Crippen LogP contribution in [0.15, 0.2) is 66.7 Å².